The lowest BCUT2D eigenvalue weighted by Gasteiger charge is -2.59. The van der Waals surface area contributed by atoms with E-state index in [9.17, 15) is 10.2 Å². The van der Waals surface area contributed by atoms with Crippen LogP contribution in [0.1, 0.15) is 77.2 Å². The van der Waals surface area contributed by atoms with Crippen LogP contribution in [0.5, 0.6) is 11.5 Å². The second-order valence-electron chi connectivity index (χ2n) is 17.3. The van der Waals surface area contributed by atoms with E-state index in [1.165, 1.54) is 9.20 Å². The number of hydrogen-bond acceptors (Lipinski definition) is 11. The first-order chi connectivity index (χ1) is 29.9. The maximum Gasteiger partial charge on any atom is 0.245 e. The van der Waals surface area contributed by atoms with Gasteiger partial charge in [-0.1, -0.05) is 66.5 Å². The predicted molar refractivity (Wildman–Crippen MR) is 245 cm³/mol. The number of likely N-dealkylation sites (N-methyl/N-ethyl adjacent to an activating group) is 1. The Labute approximate surface area is 371 Å². The number of allylic oxidation sites excluding steroid dienone is 1. The fraction of sp³-hybridized carbons (Fsp3) is 0.469. The number of thioether (sulfide) groups is 1. The van der Waals surface area contributed by atoms with Crippen molar-refractivity contribution in [2.75, 3.05) is 39.2 Å². The topological polar surface area (TPSA) is 140 Å². The molecule has 11 nitrogen and oxygen atoms in total. The number of sulfonamides is 1. The predicted octanol–water partition coefficient (Wildman–Crippen LogP) is 9.16. The number of nitrogens with zero attached hydrogens (tertiary/aromatic N) is 3. The van der Waals surface area contributed by atoms with E-state index in [0.29, 0.717) is 47.6 Å². The van der Waals surface area contributed by atoms with Gasteiger partial charge in [0.05, 0.1) is 36.4 Å². The van der Waals surface area contributed by atoms with Gasteiger partial charge < -0.3 is 29.3 Å². The molecular weight excluding hydrogens is 823 g/mol. The van der Waals surface area contributed by atoms with E-state index in [-0.39, 0.29) is 48.9 Å². The quantitative estimate of drug-likeness (QED) is 0.0382. The van der Waals surface area contributed by atoms with Gasteiger partial charge in [0.25, 0.3) is 0 Å². The van der Waals surface area contributed by atoms with E-state index >= 15 is 8.42 Å². The summed E-state index contributed by atoms with van der Waals surface area (Å²) in [5.41, 5.74) is 2.23. The molecule has 7 rings (SSSR count). The molecule has 1 aliphatic heterocycles. The number of aliphatic hydroxyl groups excluding tert-OH is 2. The third-order valence-electron chi connectivity index (χ3n) is 12.1. The highest BCUT2D eigenvalue weighted by molar-refractivity contribution is 7.99. The Balaban J connectivity index is 1.40. The molecule has 4 aromatic rings. The van der Waals surface area contributed by atoms with E-state index in [1.807, 2.05) is 63.2 Å². The summed E-state index contributed by atoms with van der Waals surface area (Å²) in [4.78, 5) is 12.0. The summed E-state index contributed by atoms with van der Waals surface area (Å²) in [6, 6.07) is 24.1. The van der Waals surface area contributed by atoms with Crippen molar-refractivity contribution in [3.05, 3.63) is 115 Å². The van der Waals surface area contributed by atoms with Gasteiger partial charge in [0.1, 0.15) is 22.0 Å². The molecule has 62 heavy (non-hydrogen) atoms. The summed E-state index contributed by atoms with van der Waals surface area (Å²) >= 11 is 1.73. The summed E-state index contributed by atoms with van der Waals surface area (Å²) in [5, 5.41) is 25.5. The lowest BCUT2D eigenvalue weighted by molar-refractivity contribution is -0.250. The highest BCUT2D eigenvalue weighted by Gasteiger charge is 2.65. The van der Waals surface area contributed by atoms with Crippen LogP contribution >= 0.6 is 11.8 Å². The average Bonchev–Trinajstić information content (AvgIpc) is 3.27. The Morgan fingerprint density at radius 3 is 2.50 bits per heavy atom. The minimum atomic E-state index is -4.25. The number of benzene rings is 3. The second-order valence-corrected chi connectivity index (χ2v) is 20.5. The van der Waals surface area contributed by atoms with E-state index in [2.05, 4.69) is 35.8 Å². The number of aliphatic hydroxyl groups is 2. The number of ether oxygens (including phenoxy) is 3. The molecule has 332 valence electrons. The lowest BCUT2D eigenvalue weighted by Crippen LogP contribution is -2.69. The second kappa shape index (κ2) is 20.1. The molecule has 0 radical (unpaired) electrons. The van der Waals surface area contributed by atoms with E-state index in [1.54, 1.807) is 49.3 Å². The fourth-order valence-corrected chi connectivity index (χ4v) is 11.7. The highest BCUT2D eigenvalue weighted by atomic mass is 32.2. The van der Waals surface area contributed by atoms with Gasteiger partial charge >= 0.3 is 0 Å². The number of fused-ring (bicyclic) bond motifs is 3. The smallest absolute Gasteiger partial charge is 0.245 e. The van der Waals surface area contributed by atoms with E-state index in [0.717, 1.165) is 42.6 Å². The zero-order chi connectivity index (χ0) is 43.9. The standard InChI is InChI=1S/C49H61N3O8S2/c1-6-28-58-49-44(52(5)62(55,56)43-22-14-17-34-18-15-25-50-47(34)43)33-41(51-60-48(2,3)4)39-31-35(16-10-12-26-53)38(21-11-13-27-54)45(46(39)49)40-32-36(23-24-42(40)59-49)57-29-30-61-37-19-8-7-9-20-37/h6-9,14-15,17-20,22-25,31-32,35,38,44-46,53-54H,1,10-13,16,21,26-30,33H2,2-5H3/t35-,38+,44-,45+,46+,49+/m0/s1. The minimum absolute atomic E-state index is 0.0277. The molecule has 1 fully saturated rings. The van der Waals surface area contributed by atoms with Gasteiger partial charge in [-0.3, -0.25) is 4.98 Å². The van der Waals surface area contributed by atoms with Crippen LogP contribution < -0.4 is 9.47 Å². The minimum Gasteiger partial charge on any atom is -0.493 e. The Kier molecular flexibility index (Phi) is 14.8. The van der Waals surface area contributed by atoms with Crippen LogP contribution in [0.2, 0.25) is 0 Å². The molecule has 0 amide bonds. The van der Waals surface area contributed by atoms with Crippen LogP contribution in [0.15, 0.2) is 124 Å². The van der Waals surface area contributed by atoms with E-state index < -0.39 is 33.4 Å². The summed E-state index contributed by atoms with van der Waals surface area (Å²) in [6.07, 6.45) is 10.2. The maximum atomic E-state index is 15.2. The summed E-state index contributed by atoms with van der Waals surface area (Å²) < 4.78 is 52.5. The molecule has 13 heteroatoms. The largest absolute Gasteiger partial charge is 0.493 e. The maximum absolute atomic E-state index is 15.2. The number of pyridine rings is 1. The van der Waals surface area contributed by atoms with Gasteiger partial charge in [-0.15, -0.1) is 18.3 Å². The Bertz CT molecular complexity index is 2330. The molecule has 0 bridgehead atoms. The first kappa shape index (κ1) is 45.8. The van der Waals surface area contributed by atoms with Crippen molar-refractivity contribution in [3.63, 3.8) is 0 Å². The normalized spacial score (nSPS) is 24.0. The van der Waals surface area contributed by atoms with Crippen LogP contribution in [0, 0.1) is 17.8 Å². The highest BCUT2D eigenvalue weighted by Crippen LogP contribution is 2.62. The van der Waals surface area contributed by atoms with Crippen molar-refractivity contribution in [2.24, 2.45) is 22.9 Å². The van der Waals surface area contributed by atoms with Gasteiger partial charge in [0.2, 0.25) is 15.8 Å². The van der Waals surface area contributed by atoms with Crippen LogP contribution in [0.4, 0.5) is 0 Å². The molecule has 6 atom stereocenters. The Hall–Kier alpha value is -4.24. The van der Waals surface area contributed by atoms with Gasteiger partial charge in [-0.05, 0) is 106 Å². The number of unbranched alkanes of at least 4 members (excludes halogenated alkanes) is 2. The molecule has 1 saturated carbocycles. The fourth-order valence-electron chi connectivity index (χ4n) is 9.43. The van der Waals surface area contributed by atoms with Crippen molar-refractivity contribution in [3.8, 4) is 11.5 Å². The van der Waals surface area contributed by atoms with Gasteiger partial charge in [-0.2, -0.15) is 4.31 Å². The molecule has 0 unspecified atom stereocenters. The Morgan fingerprint density at radius 2 is 1.76 bits per heavy atom. The first-order valence-electron chi connectivity index (χ1n) is 21.8. The molecule has 2 N–H and O–H groups in total. The third kappa shape index (κ3) is 9.78. The molecular formula is C49H61N3O8S2. The molecule has 0 spiro atoms. The first-order valence-corrected chi connectivity index (χ1v) is 24.2. The molecule has 3 aliphatic rings. The number of rotatable bonds is 20. The van der Waals surface area contributed by atoms with Crippen molar-refractivity contribution < 1.29 is 37.7 Å². The van der Waals surface area contributed by atoms with Crippen LogP contribution in [-0.2, 0) is 19.6 Å². The molecule has 1 aromatic heterocycles. The molecule has 2 aliphatic carbocycles. The monoisotopic (exact) mass is 883 g/mol. The number of oxime groups is 1. The lowest BCUT2D eigenvalue weighted by atomic mass is 9.55. The van der Waals surface area contributed by atoms with Gasteiger partial charge in [0.15, 0.2) is 0 Å². The number of aromatic nitrogens is 1. The third-order valence-corrected chi connectivity index (χ3v) is 15.0. The molecule has 0 saturated heterocycles. The zero-order valence-electron chi connectivity index (χ0n) is 36.3. The number of hydrogen-bond donors (Lipinski definition) is 2. The van der Waals surface area contributed by atoms with Crippen molar-refractivity contribution in [1.82, 2.24) is 9.29 Å². The SMILES string of the molecule is C=CCO[C@@]12Oc3ccc(OCCSc4ccccc4)cc3[C@H]3[C@H](CCCCO)[C@@H](CCCCO)C=C(C(=NOC(C)(C)C)C[C@@H]1N(C)S(=O)(=O)c1cccc4cccnc14)[C@H]32. The van der Waals surface area contributed by atoms with Crippen molar-refractivity contribution >= 4 is 38.4 Å². The average molecular weight is 884 g/mol. The summed E-state index contributed by atoms with van der Waals surface area (Å²) in [6.45, 7) is 10.6. The molecule has 3 aromatic carbocycles. The van der Waals surface area contributed by atoms with Crippen LogP contribution in [0.25, 0.3) is 10.9 Å². The zero-order valence-corrected chi connectivity index (χ0v) is 38.0. The van der Waals surface area contributed by atoms with Crippen molar-refractivity contribution in [1.29, 1.82) is 0 Å². The van der Waals surface area contributed by atoms with Gasteiger partial charge in [-0.25, -0.2) is 8.42 Å². The van der Waals surface area contributed by atoms with Crippen LogP contribution in [0.3, 0.4) is 0 Å². The number of para-hydroxylation sites is 1. The van der Waals surface area contributed by atoms with Crippen LogP contribution in [-0.4, -0.2) is 90.3 Å². The molecule has 2 heterocycles. The van der Waals surface area contributed by atoms with Gasteiger partial charge in [0, 0.05) is 60.4 Å². The van der Waals surface area contributed by atoms with Crippen molar-refractivity contribution in [2.45, 2.75) is 98.9 Å². The summed E-state index contributed by atoms with van der Waals surface area (Å²) in [5.74, 6) is -0.184. The van der Waals surface area contributed by atoms with E-state index in [4.69, 9.17) is 24.2 Å². The summed E-state index contributed by atoms with van der Waals surface area (Å²) in [7, 11) is -2.65. The Morgan fingerprint density at radius 1 is 1.00 bits per heavy atom.